The number of benzene rings is 1. The maximum atomic E-state index is 11.3. The van der Waals surface area contributed by atoms with Crippen LogP contribution in [0.1, 0.15) is 6.92 Å². The lowest BCUT2D eigenvalue weighted by Gasteiger charge is -2.11. The number of carbonyl (C=O) groups excluding carboxylic acids is 1. The third-order valence-corrected chi connectivity index (χ3v) is 2.03. The second-order valence-electron chi connectivity index (χ2n) is 3.05. The summed E-state index contributed by atoms with van der Waals surface area (Å²) in [5.41, 5.74) is 0.552. The molecule has 0 saturated carbocycles. The topological polar surface area (TPSA) is 47.6 Å². The normalized spacial score (nSPS) is 9.94. The summed E-state index contributed by atoms with van der Waals surface area (Å²) in [5.74, 6) is 0.349. The average molecular weight is 244 g/mol. The van der Waals surface area contributed by atoms with Crippen LogP contribution in [-0.2, 0) is 9.53 Å². The summed E-state index contributed by atoms with van der Waals surface area (Å²) in [6.45, 7) is 2.39. The molecule has 1 amide bonds. The molecule has 0 bridgehead atoms. The van der Waals surface area contributed by atoms with Gasteiger partial charge in [-0.25, -0.2) is 0 Å². The number of methoxy groups -OCH3 is 1. The highest BCUT2D eigenvalue weighted by molar-refractivity contribution is 6.31. The van der Waals surface area contributed by atoms with Gasteiger partial charge in [-0.15, -0.1) is 0 Å². The van der Waals surface area contributed by atoms with E-state index < -0.39 is 0 Å². The molecule has 0 aliphatic carbocycles. The minimum absolute atomic E-state index is 0.00191. The second-order valence-corrected chi connectivity index (χ2v) is 3.49. The monoisotopic (exact) mass is 243 g/mol. The molecule has 0 spiro atoms. The first kappa shape index (κ1) is 12.8. The first-order chi connectivity index (χ1) is 7.67. The maximum Gasteiger partial charge on any atom is 0.250 e. The zero-order valence-corrected chi connectivity index (χ0v) is 10.0. The Labute approximate surface area is 99.5 Å². The van der Waals surface area contributed by atoms with Gasteiger partial charge in [0.25, 0.3) is 0 Å². The summed E-state index contributed by atoms with van der Waals surface area (Å²) >= 11 is 5.84. The largest absolute Gasteiger partial charge is 0.492 e. The Balaban J connectivity index is 2.82. The van der Waals surface area contributed by atoms with Crippen LogP contribution in [0.3, 0.4) is 0 Å². The predicted molar refractivity (Wildman–Crippen MR) is 63.1 cm³/mol. The predicted octanol–water partition coefficient (Wildman–Crippen LogP) is 2.32. The molecule has 0 fully saturated rings. The Morgan fingerprint density at radius 2 is 2.25 bits per heavy atom. The Morgan fingerprint density at radius 1 is 1.50 bits per heavy atom. The first-order valence-corrected chi connectivity index (χ1v) is 5.26. The molecule has 0 saturated heterocycles. The number of amides is 1. The molecule has 0 atom stereocenters. The van der Waals surface area contributed by atoms with E-state index in [1.807, 2.05) is 6.92 Å². The van der Waals surface area contributed by atoms with Crippen LogP contribution in [0.25, 0.3) is 0 Å². The molecular formula is C11H14ClNO3. The van der Waals surface area contributed by atoms with Gasteiger partial charge >= 0.3 is 0 Å². The SMILES string of the molecule is CCOc1ccc(Cl)cc1NC(=O)COC. The van der Waals surface area contributed by atoms with Crippen molar-refractivity contribution in [3.63, 3.8) is 0 Å². The molecule has 4 nitrogen and oxygen atoms in total. The van der Waals surface area contributed by atoms with Gasteiger partial charge in [-0.05, 0) is 25.1 Å². The minimum Gasteiger partial charge on any atom is -0.492 e. The molecule has 0 radical (unpaired) electrons. The molecule has 0 aliphatic rings. The Morgan fingerprint density at radius 3 is 2.88 bits per heavy atom. The van der Waals surface area contributed by atoms with Crippen LogP contribution in [0.15, 0.2) is 18.2 Å². The van der Waals surface area contributed by atoms with E-state index in [4.69, 9.17) is 21.1 Å². The molecule has 88 valence electrons. The fraction of sp³-hybridized carbons (Fsp3) is 0.364. The quantitative estimate of drug-likeness (QED) is 0.864. The van der Waals surface area contributed by atoms with Crippen LogP contribution < -0.4 is 10.1 Å². The van der Waals surface area contributed by atoms with Gasteiger partial charge in [0.1, 0.15) is 12.4 Å². The van der Waals surface area contributed by atoms with Gasteiger partial charge in [-0.1, -0.05) is 11.6 Å². The van der Waals surface area contributed by atoms with E-state index in [2.05, 4.69) is 5.32 Å². The van der Waals surface area contributed by atoms with E-state index in [9.17, 15) is 4.79 Å². The van der Waals surface area contributed by atoms with E-state index in [0.29, 0.717) is 23.1 Å². The summed E-state index contributed by atoms with van der Waals surface area (Å²) < 4.78 is 10.1. The van der Waals surface area contributed by atoms with Crippen LogP contribution >= 0.6 is 11.6 Å². The lowest BCUT2D eigenvalue weighted by atomic mass is 10.3. The van der Waals surface area contributed by atoms with Crippen molar-refractivity contribution >= 4 is 23.2 Å². The number of nitrogens with one attached hydrogen (secondary N) is 1. The molecule has 1 aromatic carbocycles. The van der Waals surface area contributed by atoms with Crippen LogP contribution in [0, 0.1) is 0 Å². The number of hydrogen-bond acceptors (Lipinski definition) is 3. The zero-order chi connectivity index (χ0) is 12.0. The Bertz CT molecular complexity index is 368. The smallest absolute Gasteiger partial charge is 0.250 e. The number of rotatable bonds is 5. The van der Waals surface area contributed by atoms with Crippen LogP contribution in [-0.4, -0.2) is 26.2 Å². The fourth-order valence-corrected chi connectivity index (χ4v) is 1.37. The molecule has 0 aromatic heterocycles. The molecule has 0 aliphatic heterocycles. The molecule has 1 rings (SSSR count). The zero-order valence-electron chi connectivity index (χ0n) is 9.25. The molecule has 0 heterocycles. The van der Waals surface area contributed by atoms with Crippen LogP contribution in [0.2, 0.25) is 5.02 Å². The Hall–Kier alpha value is -1.26. The molecule has 1 aromatic rings. The third kappa shape index (κ3) is 3.72. The van der Waals surface area contributed by atoms with Gasteiger partial charge in [0.2, 0.25) is 5.91 Å². The summed E-state index contributed by atoms with van der Waals surface area (Å²) in [6.07, 6.45) is 0. The summed E-state index contributed by atoms with van der Waals surface area (Å²) in [5, 5.41) is 3.20. The number of halogens is 1. The van der Waals surface area contributed by atoms with Gasteiger partial charge in [-0.2, -0.15) is 0 Å². The third-order valence-electron chi connectivity index (χ3n) is 1.79. The van der Waals surface area contributed by atoms with Crippen molar-refractivity contribution in [2.75, 3.05) is 25.6 Å². The van der Waals surface area contributed by atoms with Crippen molar-refractivity contribution in [2.45, 2.75) is 6.92 Å². The van der Waals surface area contributed by atoms with Gasteiger partial charge < -0.3 is 14.8 Å². The highest BCUT2D eigenvalue weighted by Crippen LogP contribution is 2.27. The Kier molecular flexibility index (Phi) is 5.08. The van der Waals surface area contributed by atoms with Crippen molar-refractivity contribution in [3.05, 3.63) is 23.2 Å². The van der Waals surface area contributed by atoms with Crippen molar-refractivity contribution in [1.29, 1.82) is 0 Å². The summed E-state index contributed by atoms with van der Waals surface area (Å²) in [4.78, 5) is 11.3. The number of ether oxygens (including phenoxy) is 2. The van der Waals surface area contributed by atoms with E-state index in [-0.39, 0.29) is 12.5 Å². The van der Waals surface area contributed by atoms with E-state index in [0.717, 1.165) is 0 Å². The van der Waals surface area contributed by atoms with Crippen molar-refractivity contribution in [2.24, 2.45) is 0 Å². The van der Waals surface area contributed by atoms with Crippen molar-refractivity contribution in [1.82, 2.24) is 0 Å². The van der Waals surface area contributed by atoms with Gasteiger partial charge in [0.05, 0.1) is 12.3 Å². The number of carbonyl (C=O) groups is 1. The highest BCUT2D eigenvalue weighted by atomic mass is 35.5. The van der Waals surface area contributed by atoms with Crippen LogP contribution in [0.4, 0.5) is 5.69 Å². The maximum absolute atomic E-state index is 11.3. The van der Waals surface area contributed by atoms with Gasteiger partial charge in [-0.3, -0.25) is 4.79 Å². The lowest BCUT2D eigenvalue weighted by molar-refractivity contribution is -0.119. The minimum atomic E-state index is -0.245. The number of anilines is 1. The van der Waals surface area contributed by atoms with Crippen LogP contribution in [0.5, 0.6) is 5.75 Å². The molecular weight excluding hydrogens is 230 g/mol. The standard InChI is InChI=1S/C11H14ClNO3/c1-3-16-10-5-4-8(12)6-9(10)13-11(14)7-15-2/h4-6H,3,7H2,1-2H3,(H,13,14). The molecule has 1 N–H and O–H groups in total. The summed E-state index contributed by atoms with van der Waals surface area (Å²) in [6, 6.07) is 5.06. The van der Waals surface area contributed by atoms with E-state index >= 15 is 0 Å². The highest BCUT2D eigenvalue weighted by Gasteiger charge is 2.08. The van der Waals surface area contributed by atoms with E-state index in [1.165, 1.54) is 7.11 Å². The fourth-order valence-electron chi connectivity index (χ4n) is 1.20. The van der Waals surface area contributed by atoms with Gasteiger partial charge in [0.15, 0.2) is 0 Å². The second kappa shape index (κ2) is 6.35. The lowest BCUT2D eigenvalue weighted by Crippen LogP contribution is -2.17. The average Bonchev–Trinajstić information content (AvgIpc) is 2.22. The first-order valence-electron chi connectivity index (χ1n) is 4.88. The molecule has 5 heteroatoms. The van der Waals surface area contributed by atoms with Crippen molar-refractivity contribution in [3.8, 4) is 5.75 Å². The van der Waals surface area contributed by atoms with E-state index in [1.54, 1.807) is 18.2 Å². The molecule has 0 unspecified atom stereocenters. The number of hydrogen-bond donors (Lipinski definition) is 1. The molecule has 16 heavy (non-hydrogen) atoms. The summed E-state index contributed by atoms with van der Waals surface area (Å²) in [7, 11) is 1.46. The van der Waals surface area contributed by atoms with Gasteiger partial charge in [0, 0.05) is 12.1 Å². The van der Waals surface area contributed by atoms with Crippen molar-refractivity contribution < 1.29 is 14.3 Å².